The number of allylic oxidation sites excluding steroid dienone is 4. The maximum absolute atomic E-state index is 17.1. The highest BCUT2D eigenvalue weighted by Crippen LogP contribution is 2.71. The quantitative estimate of drug-likeness (QED) is 0.488. The number of fused-ring (bicyclic) bond motifs is 5. The summed E-state index contributed by atoms with van der Waals surface area (Å²) in [6, 6.07) is 0. The third-order valence-corrected chi connectivity index (χ3v) is 9.38. The van der Waals surface area contributed by atoms with Gasteiger partial charge < -0.3 is 9.84 Å². The summed E-state index contributed by atoms with van der Waals surface area (Å²) in [6.07, 6.45) is 0.619. The molecule has 32 heavy (non-hydrogen) atoms. The molecule has 176 valence electrons. The molecule has 0 saturated heterocycles. The smallest absolute Gasteiger partial charge is 0.306 e. The van der Waals surface area contributed by atoms with E-state index in [9.17, 15) is 19.5 Å². The van der Waals surface area contributed by atoms with Gasteiger partial charge in [0.2, 0.25) is 5.12 Å². The standard InChI is InChI=1S/C24H30F2O5S/c1-5-19(29)31-24(20(30)32)12(2)8-14-15-10-17(25)16-9-13(27)6-7-21(16,3)23(15,26)18(28)11-22(14,24)4/h6-7,9,12,14-15,17-18,28H,5,8,10-11H2,1-4H3,(H,30,32)/t12-,14?,15?,17+,18+,21+,22+,23-,24+/m1/s1. The Morgan fingerprint density at radius 3 is 2.53 bits per heavy atom. The molecule has 9 atom stereocenters. The first-order valence-electron chi connectivity index (χ1n) is 11.2. The van der Waals surface area contributed by atoms with Crippen LogP contribution >= 0.6 is 12.6 Å². The molecule has 4 aliphatic rings. The van der Waals surface area contributed by atoms with Gasteiger partial charge in [-0.05, 0) is 49.8 Å². The van der Waals surface area contributed by atoms with Gasteiger partial charge in [-0.2, -0.15) is 0 Å². The van der Waals surface area contributed by atoms with Crippen LogP contribution in [-0.4, -0.2) is 45.5 Å². The highest BCUT2D eigenvalue weighted by molar-refractivity contribution is 7.96. The summed E-state index contributed by atoms with van der Waals surface area (Å²) in [5.41, 5.74) is -6.46. The minimum absolute atomic E-state index is 0.0476. The Morgan fingerprint density at radius 2 is 1.94 bits per heavy atom. The first-order valence-corrected chi connectivity index (χ1v) is 11.7. The lowest BCUT2D eigenvalue weighted by Crippen LogP contribution is -2.70. The van der Waals surface area contributed by atoms with Gasteiger partial charge in [-0.1, -0.05) is 26.8 Å². The van der Waals surface area contributed by atoms with E-state index in [1.54, 1.807) is 20.8 Å². The van der Waals surface area contributed by atoms with Gasteiger partial charge in [-0.3, -0.25) is 14.4 Å². The highest BCUT2D eigenvalue weighted by Gasteiger charge is 2.77. The Kier molecular flexibility index (Phi) is 5.33. The van der Waals surface area contributed by atoms with Crippen molar-refractivity contribution in [1.29, 1.82) is 0 Å². The lowest BCUT2D eigenvalue weighted by Gasteiger charge is -2.63. The van der Waals surface area contributed by atoms with E-state index in [-0.39, 0.29) is 24.8 Å². The first kappa shape index (κ1) is 23.6. The molecule has 3 saturated carbocycles. The van der Waals surface area contributed by atoms with E-state index < -0.39 is 69.0 Å². The zero-order valence-electron chi connectivity index (χ0n) is 18.7. The topological polar surface area (TPSA) is 80.7 Å². The van der Waals surface area contributed by atoms with E-state index in [0.29, 0.717) is 6.42 Å². The van der Waals surface area contributed by atoms with E-state index in [4.69, 9.17) is 4.74 Å². The van der Waals surface area contributed by atoms with Gasteiger partial charge in [0.05, 0.1) is 6.10 Å². The van der Waals surface area contributed by atoms with Gasteiger partial charge >= 0.3 is 5.97 Å². The number of rotatable bonds is 3. The number of aliphatic hydroxyl groups excluding tert-OH is 1. The van der Waals surface area contributed by atoms with Gasteiger partial charge in [0, 0.05) is 29.1 Å². The number of aliphatic hydroxyl groups is 1. The number of carbonyl (C=O) groups excluding carboxylic acids is 3. The summed E-state index contributed by atoms with van der Waals surface area (Å²) < 4.78 is 38.3. The molecule has 0 spiro atoms. The predicted octanol–water partition coefficient (Wildman–Crippen LogP) is 3.70. The molecule has 0 aromatic rings. The number of hydrogen-bond acceptors (Lipinski definition) is 5. The van der Waals surface area contributed by atoms with Crippen molar-refractivity contribution in [3.8, 4) is 0 Å². The second-order valence-corrected chi connectivity index (χ2v) is 10.8. The van der Waals surface area contributed by atoms with Crippen LogP contribution in [0.2, 0.25) is 0 Å². The predicted molar refractivity (Wildman–Crippen MR) is 116 cm³/mol. The average molecular weight is 469 g/mol. The molecule has 0 aromatic heterocycles. The van der Waals surface area contributed by atoms with Crippen LogP contribution in [0.5, 0.6) is 0 Å². The van der Waals surface area contributed by atoms with E-state index >= 15 is 8.78 Å². The minimum Gasteiger partial charge on any atom is -0.449 e. The van der Waals surface area contributed by atoms with E-state index in [1.165, 1.54) is 19.1 Å². The van der Waals surface area contributed by atoms with Crippen LogP contribution < -0.4 is 0 Å². The fraction of sp³-hybridized carbons (Fsp3) is 0.708. The van der Waals surface area contributed by atoms with Crippen molar-refractivity contribution in [1.82, 2.24) is 0 Å². The van der Waals surface area contributed by atoms with Crippen molar-refractivity contribution in [2.24, 2.45) is 28.6 Å². The zero-order valence-corrected chi connectivity index (χ0v) is 19.6. The summed E-state index contributed by atoms with van der Waals surface area (Å²) in [5, 5.41) is 10.7. The lowest BCUT2D eigenvalue weighted by atomic mass is 9.44. The molecule has 3 fully saturated rings. The summed E-state index contributed by atoms with van der Waals surface area (Å²) in [6.45, 7) is 6.62. The number of esters is 1. The molecule has 5 nitrogen and oxygen atoms in total. The summed E-state index contributed by atoms with van der Waals surface area (Å²) in [7, 11) is 0. The summed E-state index contributed by atoms with van der Waals surface area (Å²) >= 11 is 4.09. The van der Waals surface area contributed by atoms with Crippen LogP contribution in [0.15, 0.2) is 23.8 Å². The van der Waals surface area contributed by atoms with Crippen LogP contribution in [0.25, 0.3) is 0 Å². The Labute approximate surface area is 192 Å². The molecule has 0 radical (unpaired) electrons. The maximum atomic E-state index is 17.1. The van der Waals surface area contributed by atoms with Crippen LogP contribution in [0.3, 0.4) is 0 Å². The molecule has 1 N–H and O–H groups in total. The Balaban J connectivity index is 1.87. The molecular formula is C24H30F2O5S. The molecule has 0 aliphatic heterocycles. The third-order valence-electron chi connectivity index (χ3n) is 9.05. The zero-order chi connectivity index (χ0) is 23.9. The Hall–Kier alpha value is -1.54. The van der Waals surface area contributed by atoms with E-state index in [2.05, 4.69) is 12.6 Å². The number of thiol groups is 1. The van der Waals surface area contributed by atoms with Crippen molar-refractivity contribution >= 4 is 29.5 Å². The van der Waals surface area contributed by atoms with Crippen molar-refractivity contribution < 1.29 is 33.0 Å². The largest absolute Gasteiger partial charge is 0.449 e. The number of hydrogen-bond donors (Lipinski definition) is 2. The number of alkyl halides is 2. The van der Waals surface area contributed by atoms with E-state index in [0.717, 1.165) is 6.08 Å². The lowest BCUT2D eigenvalue weighted by molar-refractivity contribution is -0.228. The Bertz CT molecular complexity index is 949. The number of carbonyl (C=O) groups is 3. The van der Waals surface area contributed by atoms with Crippen molar-refractivity contribution in [2.45, 2.75) is 76.9 Å². The number of halogens is 2. The second kappa shape index (κ2) is 7.23. The molecule has 0 bridgehead atoms. The molecule has 4 rings (SSSR count). The van der Waals surface area contributed by atoms with Gasteiger partial charge in [0.25, 0.3) is 0 Å². The van der Waals surface area contributed by atoms with Crippen molar-refractivity contribution in [2.75, 3.05) is 0 Å². The normalized spacial score (nSPS) is 49.6. The minimum atomic E-state index is -2.24. The molecule has 0 heterocycles. The van der Waals surface area contributed by atoms with Crippen LogP contribution in [0.1, 0.15) is 53.4 Å². The SMILES string of the molecule is CCC(=O)O[C@]1(C(=O)S)[C@H](C)CC2C3C[C@H](F)C4=CC(=O)C=C[C@]4(C)[C@]3(F)[C@@H](O)C[C@@]21C. The first-order chi connectivity index (χ1) is 14.8. The summed E-state index contributed by atoms with van der Waals surface area (Å²) in [4.78, 5) is 37.2. The highest BCUT2D eigenvalue weighted by atomic mass is 32.1. The van der Waals surface area contributed by atoms with Gasteiger partial charge in [0.15, 0.2) is 17.1 Å². The molecule has 2 unspecified atom stereocenters. The third kappa shape index (κ3) is 2.62. The molecule has 0 amide bonds. The Morgan fingerprint density at radius 1 is 1.28 bits per heavy atom. The van der Waals surface area contributed by atoms with Gasteiger partial charge in [0.1, 0.15) is 6.17 Å². The number of ether oxygens (including phenoxy) is 1. The molecular weight excluding hydrogens is 438 g/mol. The fourth-order valence-corrected chi connectivity index (χ4v) is 8.01. The average Bonchev–Trinajstić information content (AvgIpc) is 2.93. The molecule has 4 aliphatic carbocycles. The van der Waals surface area contributed by atoms with Crippen LogP contribution in [0, 0.1) is 28.6 Å². The van der Waals surface area contributed by atoms with Crippen LogP contribution in [0.4, 0.5) is 8.78 Å². The molecule has 0 aromatic carbocycles. The summed E-state index contributed by atoms with van der Waals surface area (Å²) in [5.74, 6) is -2.94. The maximum Gasteiger partial charge on any atom is 0.306 e. The van der Waals surface area contributed by atoms with Gasteiger partial charge in [-0.25, -0.2) is 8.78 Å². The second-order valence-electron chi connectivity index (χ2n) is 10.4. The van der Waals surface area contributed by atoms with E-state index in [1.807, 2.05) is 0 Å². The van der Waals surface area contributed by atoms with Crippen LogP contribution in [-0.2, 0) is 19.1 Å². The fourth-order valence-electron chi connectivity index (χ4n) is 7.49. The molecule has 8 heteroatoms. The monoisotopic (exact) mass is 468 g/mol. The number of ketones is 1. The van der Waals surface area contributed by atoms with Gasteiger partial charge in [-0.15, -0.1) is 12.6 Å². The van der Waals surface area contributed by atoms with Crippen molar-refractivity contribution in [3.63, 3.8) is 0 Å². The van der Waals surface area contributed by atoms with Crippen molar-refractivity contribution in [3.05, 3.63) is 23.8 Å².